The van der Waals surface area contributed by atoms with Crippen molar-refractivity contribution in [1.82, 2.24) is 9.80 Å². The Hall–Kier alpha value is -0.580. The van der Waals surface area contributed by atoms with E-state index in [0.717, 1.165) is 42.9 Å². The van der Waals surface area contributed by atoms with Gasteiger partial charge in [-0.25, -0.2) is 0 Å². The summed E-state index contributed by atoms with van der Waals surface area (Å²) in [6, 6.07) is 6.20. The summed E-state index contributed by atoms with van der Waals surface area (Å²) in [6.45, 7) is 5.65. The number of nitrogen functional groups attached to an aromatic ring is 1. The van der Waals surface area contributed by atoms with E-state index in [2.05, 4.69) is 44.9 Å². The molecule has 0 amide bonds. The highest BCUT2D eigenvalue weighted by atomic mass is 79.9. The Balaban J connectivity index is 1.96. The fourth-order valence-electron chi connectivity index (χ4n) is 1.93. The molecule has 0 unspecified atom stereocenters. The largest absolute Gasteiger partial charge is 0.398 e. The number of hydrogen-bond acceptors (Lipinski definition) is 3. The molecular weight excluding hydrogens is 266 g/mol. The second kappa shape index (κ2) is 5.17. The maximum atomic E-state index is 5.77. The molecule has 0 atom stereocenters. The molecule has 0 spiro atoms. The summed E-state index contributed by atoms with van der Waals surface area (Å²) >= 11 is 3.47. The van der Waals surface area contributed by atoms with Gasteiger partial charge >= 0.3 is 0 Å². The number of hydrogen-bond donors (Lipinski definition) is 1. The predicted octanol–water partition coefficient (Wildman–Crippen LogP) is 1.78. The quantitative estimate of drug-likeness (QED) is 0.840. The molecule has 0 saturated carbocycles. The van der Waals surface area contributed by atoms with Crippen LogP contribution in [0.25, 0.3) is 0 Å². The van der Waals surface area contributed by atoms with Crippen molar-refractivity contribution in [2.75, 3.05) is 39.0 Å². The van der Waals surface area contributed by atoms with Gasteiger partial charge in [-0.05, 0) is 40.7 Å². The van der Waals surface area contributed by atoms with Crippen molar-refractivity contribution in [1.29, 1.82) is 0 Å². The molecule has 0 radical (unpaired) electrons. The van der Waals surface area contributed by atoms with Crippen LogP contribution >= 0.6 is 15.9 Å². The van der Waals surface area contributed by atoms with Crippen molar-refractivity contribution in [2.45, 2.75) is 6.54 Å². The summed E-state index contributed by atoms with van der Waals surface area (Å²) in [5.41, 5.74) is 7.91. The second-order valence-electron chi connectivity index (χ2n) is 4.44. The molecule has 4 heteroatoms. The van der Waals surface area contributed by atoms with Gasteiger partial charge in [-0.15, -0.1) is 0 Å². The van der Waals surface area contributed by atoms with E-state index in [1.54, 1.807) is 0 Å². The zero-order valence-corrected chi connectivity index (χ0v) is 11.2. The molecule has 0 bridgehead atoms. The first-order chi connectivity index (χ1) is 7.65. The molecule has 1 aromatic carbocycles. The topological polar surface area (TPSA) is 32.5 Å². The van der Waals surface area contributed by atoms with Gasteiger partial charge in [-0.3, -0.25) is 4.90 Å². The Labute approximate surface area is 105 Å². The van der Waals surface area contributed by atoms with Crippen LogP contribution in [0.4, 0.5) is 5.69 Å². The summed E-state index contributed by atoms with van der Waals surface area (Å²) in [4.78, 5) is 4.85. The number of rotatable bonds is 2. The highest BCUT2D eigenvalue weighted by molar-refractivity contribution is 9.10. The highest BCUT2D eigenvalue weighted by Crippen LogP contribution is 2.21. The predicted molar refractivity (Wildman–Crippen MR) is 71.3 cm³/mol. The monoisotopic (exact) mass is 283 g/mol. The molecule has 1 aliphatic rings. The maximum absolute atomic E-state index is 5.77. The molecule has 0 aliphatic carbocycles. The van der Waals surface area contributed by atoms with Crippen LogP contribution in [0.5, 0.6) is 0 Å². The molecule has 1 aromatic rings. The zero-order chi connectivity index (χ0) is 11.5. The van der Waals surface area contributed by atoms with Crippen LogP contribution in [0.2, 0.25) is 0 Å². The number of nitrogens with two attached hydrogens (primary N) is 1. The fourth-order valence-corrected chi connectivity index (χ4v) is 2.36. The van der Waals surface area contributed by atoms with E-state index in [1.807, 2.05) is 6.07 Å². The lowest BCUT2D eigenvalue weighted by atomic mass is 10.2. The molecule has 0 aromatic heterocycles. The normalized spacial score (nSPS) is 18.9. The van der Waals surface area contributed by atoms with Gasteiger partial charge in [0.25, 0.3) is 0 Å². The van der Waals surface area contributed by atoms with E-state index in [4.69, 9.17) is 5.73 Å². The molecule has 3 nitrogen and oxygen atoms in total. The third-order valence-corrected chi connectivity index (χ3v) is 3.75. The number of benzene rings is 1. The molecule has 1 saturated heterocycles. The first-order valence-electron chi connectivity index (χ1n) is 5.60. The number of piperazine rings is 1. The minimum Gasteiger partial charge on any atom is -0.398 e. The summed E-state index contributed by atoms with van der Waals surface area (Å²) < 4.78 is 0.999. The van der Waals surface area contributed by atoms with E-state index in [-0.39, 0.29) is 0 Å². The van der Waals surface area contributed by atoms with Gasteiger partial charge in [-0.1, -0.05) is 6.07 Å². The number of halogens is 1. The van der Waals surface area contributed by atoms with Gasteiger partial charge in [0.05, 0.1) is 0 Å². The van der Waals surface area contributed by atoms with Crippen LogP contribution in [0.15, 0.2) is 22.7 Å². The average molecular weight is 284 g/mol. The second-order valence-corrected chi connectivity index (χ2v) is 5.29. The van der Waals surface area contributed by atoms with Crippen LogP contribution < -0.4 is 5.73 Å². The number of likely N-dealkylation sites (N-methyl/N-ethyl adjacent to an activating group) is 1. The molecule has 1 aliphatic heterocycles. The molecule has 16 heavy (non-hydrogen) atoms. The van der Waals surface area contributed by atoms with Gasteiger partial charge in [-0.2, -0.15) is 0 Å². The van der Waals surface area contributed by atoms with Crippen LogP contribution in [0.3, 0.4) is 0 Å². The standard InChI is InChI=1S/C12H18BrN3/c1-15-4-6-16(7-5-15)9-10-2-3-12(14)11(13)8-10/h2-3,8H,4-7,9,14H2,1H3. The van der Waals surface area contributed by atoms with Gasteiger partial charge in [0.1, 0.15) is 0 Å². The third kappa shape index (κ3) is 2.97. The first kappa shape index (κ1) is 11.9. The number of nitrogens with zero attached hydrogens (tertiary/aromatic N) is 2. The lowest BCUT2D eigenvalue weighted by Crippen LogP contribution is -2.43. The van der Waals surface area contributed by atoms with Gasteiger partial charge in [0.15, 0.2) is 0 Å². The molecule has 1 heterocycles. The van der Waals surface area contributed by atoms with E-state index in [0.29, 0.717) is 0 Å². The molecular formula is C12H18BrN3. The van der Waals surface area contributed by atoms with Crippen LogP contribution in [0.1, 0.15) is 5.56 Å². The molecule has 2 rings (SSSR count). The van der Waals surface area contributed by atoms with Crippen LogP contribution in [0, 0.1) is 0 Å². The van der Waals surface area contributed by atoms with Crippen LogP contribution in [-0.2, 0) is 6.54 Å². The Morgan fingerprint density at radius 2 is 1.94 bits per heavy atom. The molecule has 2 N–H and O–H groups in total. The zero-order valence-electron chi connectivity index (χ0n) is 9.62. The van der Waals surface area contributed by atoms with Crippen molar-refractivity contribution in [2.24, 2.45) is 0 Å². The Kier molecular flexibility index (Phi) is 3.84. The Bertz CT molecular complexity index is 359. The van der Waals surface area contributed by atoms with Crippen LogP contribution in [-0.4, -0.2) is 43.0 Å². The van der Waals surface area contributed by atoms with E-state index in [1.165, 1.54) is 5.56 Å². The first-order valence-corrected chi connectivity index (χ1v) is 6.39. The molecule has 1 fully saturated rings. The third-order valence-electron chi connectivity index (χ3n) is 3.07. The van der Waals surface area contributed by atoms with Gasteiger partial charge < -0.3 is 10.6 Å². The van der Waals surface area contributed by atoms with Crippen molar-refractivity contribution < 1.29 is 0 Å². The minimum absolute atomic E-state index is 0.808. The van der Waals surface area contributed by atoms with Crippen molar-refractivity contribution in [3.63, 3.8) is 0 Å². The smallest absolute Gasteiger partial charge is 0.0458 e. The van der Waals surface area contributed by atoms with Gasteiger partial charge in [0, 0.05) is 42.9 Å². The van der Waals surface area contributed by atoms with E-state index < -0.39 is 0 Å². The summed E-state index contributed by atoms with van der Waals surface area (Å²) in [5.74, 6) is 0. The fraction of sp³-hybridized carbons (Fsp3) is 0.500. The van der Waals surface area contributed by atoms with Crippen molar-refractivity contribution in [3.8, 4) is 0 Å². The Morgan fingerprint density at radius 1 is 1.25 bits per heavy atom. The summed E-state index contributed by atoms with van der Waals surface area (Å²) in [6.07, 6.45) is 0. The Morgan fingerprint density at radius 3 is 2.56 bits per heavy atom. The lowest BCUT2D eigenvalue weighted by Gasteiger charge is -2.32. The summed E-state index contributed by atoms with van der Waals surface area (Å²) in [5, 5.41) is 0. The van der Waals surface area contributed by atoms with Crippen molar-refractivity contribution >= 4 is 21.6 Å². The lowest BCUT2D eigenvalue weighted by molar-refractivity contribution is 0.148. The molecule has 88 valence electrons. The van der Waals surface area contributed by atoms with Crippen molar-refractivity contribution in [3.05, 3.63) is 28.2 Å². The minimum atomic E-state index is 0.808. The number of anilines is 1. The van der Waals surface area contributed by atoms with E-state index in [9.17, 15) is 0 Å². The highest BCUT2D eigenvalue weighted by Gasteiger charge is 2.13. The SMILES string of the molecule is CN1CCN(Cc2ccc(N)c(Br)c2)CC1. The van der Waals surface area contributed by atoms with E-state index >= 15 is 0 Å². The summed E-state index contributed by atoms with van der Waals surface area (Å²) in [7, 11) is 2.18. The van der Waals surface area contributed by atoms with Gasteiger partial charge in [0.2, 0.25) is 0 Å². The average Bonchev–Trinajstić information content (AvgIpc) is 2.27. The maximum Gasteiger partial charge on any atom is 0.0458 e.